The summed E-state index contributed by atoms with van der Waals surface area (Å²) in [6.45, 7) is 2.08. The van der Waals surface area contributed by atoms with Crippen LogP contribution in [0.3, 0.4) is 0 Å². The number of phenols is 1. The summed E-state index contributed by atoms with van der Waals surface area (Å²) < 4.78 is 5.03. The van der Waals surface area contributed by atoms with Gasteiger partial charge in [-0.1, -0.05) is 25.5 Å². The van der Waals surface area contributed by atoms with Gasteiger partial charge in [0.1, 0.15) is 0 Å². The van der Waals surface area contributed by atoms with E-state index in [1.807, 2.05) is 17.5 Å². The predicted octanol–water partition coefficient (Wildman–Crippen LogP) is 3.73. The molecule has 1 unspecified atom stereocenters. The lowest BCUT2D eigenvalue weighted by molar-refractivity contribution is 0.0932. The van der Waals surface area contributed by atoms with Crippen LogP contribution in [0.25, 0.3) is 0 Å². The molecule has 112 valence electrons. The van der Waals surface area contributed by atoms with Gasteiger partial charge in [0.05, 0.1) is 18.7 Å². The molecule has 0 saturated carbocycles. The summed E-state index contributed by atoms with van der Waals surface area (Å²) in [6, 6.07) is 8.84. The van der Waals surface area contributed by atoms with E-state index in [0.717, 1.165) is 17.7 Å². The first-order valence-corrected chi connectivity index (χ1v) is 7.75. The van der Waals surface area contributed by atoms with Gasteiger partial charge in [0, 0.05) is 4.88 Å². The number of ether oxygens (including phenoxy) is 1. The highest BCUT2D eigenvalue weighted by atomic mass is 32.1. The molecule has 1 aromatic carbocycles. The van der Waals surface area contributed by atoms with E-state index in [4.69, 9.17) is 4.74 Å². The minimum Gasteiger partial charge on any atom is -0.504 e. The minimum absolute atomic E-state index is 0.0342. The lowest BCUT2D eigenvalue weighted by atomic mass is 10.1. The van der Waals surface area contributed by atoms with Crippen LogP contribution in [0.15, 0.2) is 35.7 Å². The highest BCUT2D eigenvalue weighted by molar-refractivity contribution is 7.10. The number of carbonyl (C=O) groups is 1. The monoisotopic (exact) mass is 305 g/mol. The van der Waals surface area contributed by atoms with Crippen molar-refractivity contribution in [3.8, 4) is 11.5 Å². The maximum atomic E-state index is 12.4. The number of hydrogen-bond acceptors (Lipinski definition) is 4. The summed E-state index contributed by atoms with van der Waals surface area (Å²) in [6.07, 6.45) is 1.82. The Hall–Kier alpha value is -2.01. The van der Waals surface area contributed by atoms with Crippen LogP contribution in [-0.4, -0.2) is 18.1 Å². The molecule has 0 radical (unpaired) electrons. The highest BCUT2D eigenvalue weighted by Gasteiger charge is 2.19. The summed E-state index contributed by atoms with van der Waals surface area (Å²) in [7, 11) is 1.46. The third-order valence-corrected chi connectivity index (χ3v) is 4.22. The molecule has 1 aromatic heterocycles. The smallest absolute Gasteiger partial charge is 0.255 e. The van der Waals surface area contributed by atoms with Gasteiger partial charge in [-0.2, -0.15) is 0 Å². The van der Waals surface area contributed by atoms with E-state index in [2.05, 4.69) is 12.2 Å². The number of carbonyl (C=O) groups excluding carboxylic acids is 1. The normalized spacial score (nSPS) is 11.9. The zero-order valence-electron chi connectivity index (χ0n) is 12.1. The highest BCUT2D eigenvalue weighted by Crippen LogP contribution is 2.30. The minimum atomic E-state index is -0.293. The predicted molar refractivity (Wildman–Crippen MR) is 84.1 cm³/mol. The third-order valence-electron chi connectivity index (χ3n) is 3.23. The quantitative estimate of drug-likeness (QED) is 0.855. The van der Waals surface area contributed by atoms with Crippen molar-refractivity contribution in [3.05, 3.63) is 46.2 Å². The second-order valence-corrected chi connectivity index (χ2v) is 5.67. The van der Waals surface area contributed by atoms with E-state index in [0.29, 0.717) is 5.75 Å². The first-order chi connectivity index (χ1) is 10.2. The number of rotatable bonds is 6. The molecule has 2 rings (SSSR count). The molecule has 0 spiro atoms. The fourth-order valence-corrected chi connectivity index (χ4v) is 2.98. The molecule has 5 heteroatoms. The molecule has 2 N–H and O–H groups in total. The number of aromatic hydroxyl groups is 1. The van der Waals surface area contributed by atoms with Crippen molar-refractivity contribution in [2.45, 2.75) is 25.8 Å². The zero-order valence-corrected chi connectivity index (χ0v) is 12.9. The lowest BCUT2D eigenvalue weighted by Crippen LogP contribution is -2.28. The maximum Gasteiger partial charge on any atom is 0.255 e. The van der Waals surface area contributed by atoms with Crippen molar-refractivity contribution in [3.63, 3.8) is 0 Å². The van der Waals surface area contributed by atoms with Crippen LogP contribution in [0, 0.1) is 0 Å². The molecule has 1 atom stereocenters. The molecular formula is C16H19NO3S. The number of methoxy groups -OCH3 is 1. The Morgan fingerprint density at radius 3 is 2.81 bits per heavy atom. The third kappa shape index (κ3) is 3.55. The first-order valence-electron chi connectivity index (χ1n) is 6.87. The van der Waals surface area contributed by atoms with Crippen LogP contribution in [-0.2, 0) is 0 Å². The van der Waals surface area contributed by atoms with Crippen LogP contribution in [0.4, 0.5) is 0 Å². The van der Waals surface area contributed by atoms with E-state index in [-0.39, 0.29) is 23.3 Å². The van der Waals surface area contributed by atoms with Crippen LogP contribution in [0.1, 0.15) is 41.0 Å². The SMILES string of the molecule is CCCC(NC(=O)c1cccc(OC)c1O)c1cccs1. The number of thiophene rings is 1. The molecule has 0 saturated heterocycles. The van der Waals surface area contributed by atoms with Crippen LogP contribution < -0.4 is 10.1 Å². The number of nitrogens with one attached hydrogen (secondary N) is 1. The number of para-hydroxylation sites is 1. The van der Waals surface area contributed by atoms with Crippen molar-refractivity contribution in [1.82, 2.24) is 5.32 Å². The van der Waals surface area contributed by atoms with E-state index in [9.17, 15) is 9.90 Å². The Morgan fingerprint density at radius 2 is 2.19 bits per heavy atom. The second kappa shape index (κ2) is 7.13. The van der Waals surface area contributed by atoms with Crippen molar-refractivity contribution in [2.75, 3.05) is 7.11 Å². The largest absolute Gasteiger partial charge is 0.504 e. The Bertz CT molecular complexity index is 596. The van der Waals surface area contributed by atoms with E-state index in [1.165, 1.54) is 7.11 Å². The van der Waals surface area contributed by atoms with Crippen molar-refractivity contribution in [1.29, 1.82) is 0 Å². The zero-order chi connectivity index (χ0) is 15.2. The molecule has 0 aliphatic heterocycles. The molecule has 0 aliphatic rings. The average Bonchev–Trinajstić information content (AvgIpc) is 3.01. The molecule has 1 heterocycles. The fraction of sp³-hybridized carbons (Fsp3) is 0.312. The second-order valence-electron chi connectivity index (χ2n) is 4.69. The van der Waals surface area contributed by atoms with E-state index >= 15 is 0 Å². The van der Waals surface area contributed by atoms with E-state index in [1.54, 1.807) is 29.5 Å². The molecule has 4 nitrogen and oxygen atoms in total. The van der Waals surface area contributed by atoms with Crippen LogP contribution in [0.5, 0.6) is 11.5 Å². The number of phenolic OH excluding ortho intramolecular Hbond substituents is 1. The number of hydrogen-bond donors (Lipinski definition) is 2. The van der Waals surface area contributed by atoms with Gasteiger partial charge in [0.15, 0.2) is 11.5 Å². The Labute approximate surface area is 128 Å². The van der Waals surface area contributed by atoms with Gasteiger partial charge >= 0.3 is 0 Å². The summed E-state index contributed by atoms with van der Waals surface area (Å²) in [4.78, 5) is 13.5. The van der Waals surface area contributed by atoms with E-state index < -0.39 is 0 Å². The number of benzene rings is 1. The van der Waals surface area contributed by atoms with Crippen LogP contribution >= 0.6 is 11.3 Å². The van der Waals surface area contributed by atoms with Gasteiger partial charge in [0.25, 0.3) is 5.91 Å². The molecule has 2 aromatic rings. The molecule has 21 heavy (non-hydrogen) atoms. The van der Waals surface area contributed by atoms with Gasteiger partial charge in [-0.15, -0.1) is 11.3 Å². The van der Waals surface area contributed by atoms with Crippen LogP contribution in [0.2, 0.25) is 0 Å². The maximum absolute atomic E-state index is 12.4. The summed E-state index contributed by atoms with van der Waals surface area (Å²) in [5.74, 6) is -0.122. The number of amides is 1. The van der Waals surface area contributed by atoms with Crippen molar-refractivity contribution < 1.29 is 14.6 Å². The average molecular weight is 305 g/mol. The summed E-state index contributed by atoms with van der Waals surface area (Å²) >= 11 is 1.62. The summed E-state index contributed by atoms with van der Waals surface area (Å²) in [5, 5.41) is 15.0. The Kier molecular flexibility index (Phi) is 5.22. The standard InChI is InChI=1S/C16H19NO3S/c1-3-6-12(14-9-5-10-21-14)17-16(19)11-7-4-8-13(20-2)15(11)18/h4-5,7-10,12,18H,3,6H2,1-2H3,(H,17,19). The van der Waals surface area contributed by atoms with Gasteiger partial charge in [-0.25, -0.2) is 0 Å². The first kappa shape index (κ1) is 15.4. The molecule has 0 aliphatic carbocycles. The molecule has 0 bridgehead atoms. The van der Waals surface area contributed by atoms with Gasteiger partial charge < -0.3 is 15.2 Å². The van der Waals surface area contributed by atoms with Crippen molar-refractivity contribution in [2.24, 2.45) is 0 Å². The molecular weight excluding hydrogens is 286 g/mol. The van der Waals surface area contributed by atoms with Gasteiger partial charge in [-0.05, 0) is 30.0 Å². The van der Waals surface area contributed by atoms with Gasteiger partial charge in [-0.3, -0.25) is 4.79 Å². The lowest BCUT2D eigenvalue weighted by Gasteiger charge is -2.17. The molecule has 0 fully saturated rings. The fourth-order valence-electron chi connectivity index (χ4n) is 2.17. The summed E-state index contributed by atoms with van der Waals surface area (Å²) in [5.41, 5.74) is 0.229. The Morgan fingerprint density at radius 1 is 1.38 bits per heavy atom. The van der Waals surface area contributed by atoms with Gasteiger partial charge in [0.2, 0.25) is 0 Å². The topological polar surface area (TPSA) is 58.6 Å². The molecule has 1 amide bonds. The van der Waals surface area contributed by atoms with Crippen molar-refractivity contribution >= 4 is 17.2 Å². The Balaban J connectivity index is 2.20.